The number of hydrogen-bond acceptors (Lipinski definition) is 6. The molecule has 128 valence electrons. The van der Waals surface area contributed by atoms with E-state index in [2.05, 4.69) is 19.9 Å². The maximum atomic E-state index is 5.30. The van der Waals surface area contributed by atoms with E-state index in [9.17, 15) is 0 Å². The van der Waals surface area contributed by atoms with Gasteiger partial charge in [-0.3, -0.25) is 4.90 Å². The maximum absolute atomic E-state index is 5.30. The molecule has 0 N–H and O–H groups in total. The molecule has 0 spiro atoms. The molecule has 4 rings (SSSR count). The van der Waals surface area contributed by atoms with E-state index in [0.717, 1.165) is 25.6 Å². The van der Waals surface area contributed by atoms with Crippen LogP contribution in [0.4, 0.5) is 0 Å². The van der Waals surface area contributed by atoms with Crippen molar-refractivity contribution in [3.63, 3.8) is 0 Å². The van der Waals surface area contributed by atoms with Crippen LogP contribution in [-0.2, 0) is 17.9 Å². The van der Waals surface area contributed by atoms with Crippen LogP contribution in [0.1, 0.15) is 43.8 Å². The fraction of sp³-hybridized carbons (Fsp3) is 0.882. The Bertz CT molecular complexity index is 516. The largest absolute Gasteiger partial charge is 0.377 e. The molecule has 2 heterocycles. The molecule has 2 bridgehead atoms. The fourth-order valence-corrected chi connectivity index (χ4v) is 4.85. The van der Waals surface area contributed by atoms with Crippen LogP contribution in [0.15, 0.2) is 4.52 Å². The van der Waals surface area contributed by atoms with E-state index < -0.39 is 0 Å². The summed E-state index contributed by atoms with van der Waals surface area (Å²) in [7, 11) is 1.64. The predicted octanol–water partition coefficient (Wildman–Crippen LogP) is 1.91. The van der Waals surface area contributed by atoms with Gasteiger partial charge in [0.2, 0.25) is 5.89 Å². The van der Waals surface area contributed by atoms with Crippen LogP contribution < -0.4 is 0 Å². The second-order valence-corrected chi connectivity index (χ2v) is 7.74. The first-order chi connectivity index (χ1) is 11.2. The molecule has 6 nitrogen and oxygen atoms in total. The standard InChI is InChI=1S/C17H28N4O2/c1-22-12-15-18-16(23-19-15)11-20-6-8-21(9-7-20)13-17-4-2-14(10-17)3-5-17/h14H,2-13H2,1H3. The van der Waals surface area contributed by atoms with Crippen molar-refractivity contribution in [2.24, 2.45) is 11.3 Å². The van der Waals surface area contributed by atoms with E-state index in [4.69, 9.17) is 9.26 Å². The van der Waals surface area contributed by atoms with E-state index in [1.165, 1.54) is 51.7 Å². The third-order valence-electron chi connectivity index (χ3n) is 6.05. The number of nitrogens with zero attached hydrogens (tertiary/aromatic N) is 4. The van der Waals surface area contributed by atoms with Gasteiger partial charge >= 0.3 is 0 Å². The van der Waals surface area contributed by atoms with Gasteiger partial charge in [0.25, 0.3) is 0 Å². The Hall–Kier alpha value is -0.980. The normalized spacial score (nSPS) is 32.0. The Morgan fingerprint density at radius 2 is 1.91 bits per heavy atom. The number of ether oxygens (including phenoxy) is 1. The summed E-state index contributed by atoms with van der Waals surface area (Å²) in [6.45, 7) is 7.05. The predicted molar refractivity (Wildman–Crippen MR) is 85.7 cm³/mol. The van der Waals surface area contributed by atoms with Crippen molar-refractivity contribution in [2.45, 2.75) is 45.3 Å². The number of hydrogen-bond donors (Lipinski definition) is 0. The van der Waals surface area contributed by atoms with Crippen LogP contribution in [0.5, 0.6) is 0 Å². The van der Waals surface area contributed by atoms with Gasteiger partial charge in [-0.1, -0.05) is 5.16 Å². The Balaban J connectivity index is 1.24. The Labute approximate surface area is 138 Å². The highest BCUT2D eigenvalue weighted by molar-refractivity contribution is 4.98. The topological polar surface area (TPSA) is 54.6 Å². The van der Waals surface area contributed by atoms with E-state index in [0.29, 0.717) is 23.7 Å². The maximum Gasteiger partial charge on any atom is 0.240 e. The lowest BCUT2D eigenvalue weighted by Gasteiger charge is -2.39. The van der Waals surface area contributed by atoms with Crippen LogP contribution in [0.3, 0.4) is 0 Å². The van der Waals surface area contributed by atoms with Crippen LogP contribution >= 0.6 is 0 Å². The van der Waals surface area contributed by atoms with Crippen LogP contribution in [0, 0.1) is 11.3 Å². The first-order valence-electron chi connectivity index (χ1n) is 9.00. The van der Waals surface area contributed by atoms with E-state index in [1.807, 2.05) is 0 Å². The molecule has 1 saturated heterocycles. The zero-order valence-electron chi connectivity index (χ0n) is 14.2. The minimum Gasteiger partial charge on any atom is -0.377 e. The third kappa shape index (κ3) is 3.44. The van der Waals surface area contributed by atoms with Crippen molar-refractivity contribution in [3.8, 4) is 0 Å². The van der Waals surface area contributed by atoms with Crippen molar-refractivity contribution >= 4 is 0 Å². The Morgan fingerprint density at radius 1 is 1.17 bits per heavy atom. The number of aromatic nitrogens is 2. The minimum absolute atomic E-state index is 0.417. The average Bonchev–Trinajstić information content (AvgIpc) is 3.26. The van der Waals surface area contributed by atoms with Gasteiger partial charge in [-0.05, 0) is 43.4 Å². The van der Waals surface area contributed by atoms with Crippen molar-refractivity contribution in [2.75, 3.05) is 39.8 Å². The molecule has 1 aliphatic heterocycles. The van der Waals surface area contributed by atoms with Crippen molar-refractivity contribution in [1.82, 2.24) is 19.9 Å². The van der Waals surface area contributed by atoms with E-state index >= 15 is 0 Å². The van der Waals surface area contributed by atoms with Gasteiger partial charge < -0.3 is 14.2 Å². The highest BCUT2D eigenvalue weighted by Crippen LogP contribution is 2.54. The smallest absolute Gasteiger partial charge is 0.240 e. The molecule has 3 aliphatic rings. The third-order valence-corrected chi connectivity index (χ3v) is 6.05. The highest BCUT2D eigenvalue weighted by Gasteiger charge is 2.45. The lowest BCUT2D eigenvalue weighted by atomic mass is 9.83. The Kier molecular flexibility index (Phi) is 4.39. The van der Waals surface area contributed by atoms with Crippen molar-refractivity contribution < 1.29 is 9.26 Å². The molecule has 3 fully saturated rings. The van der Waals surface area contributed by atoms with E-state index in [1.54, 1.807) is 7.11 Å². The second-order valence-electron chi connectivity index (χ2n) is 7.74. The molecule has 23 heavy (non-hydrogen) atoms. The van der Waals surface area contributed by atoms with E-state index in [-0.39, 0.29) is 0 Å². The molecule has 1 aromatic rings. The first kappa shape index (κ1) is 15.5. The van der Waals surface area contributed by atoms with Gasteiger partial charge in [0.15, 0.2) is 5.82 Å². The molecule has 1 aromatic heterocycles. The number of rotatable bonds is 6. The summed E-state index contributed by atoms with van der Waals surface area (Å²) < 4.78 is 10.3. The zero-order chi connectivity index (χ0) is 15.7. The van der Waals surface area contributed by atoms with Crippen LogP contribution in [0.2, 0.25) is 0 Å². The Morgan fingerprint density at radius 3 is 2.57 bits per heavy atom. The summed E-state index contributed by atoms with van der Waals surface area (Å²) in [5.41, 5.74) is 0.675. The number of fused-ring (bicyclic) bond motifs is 2. The monoisotopic (exact) mass is 320 g/mol. The molecule has 2 saturated carbocycles. The van der Waals surface area contributed by atoms with Crippen LogP contribution in [0.25, 0.3) is 0 Å². The zero-order valence-corrected chi connectivity index (χ0v) is 14.2. The quantitative estimate of drug-likeness (QED) is 0.798. The molecule has 0 aromatic carbocycles. The van der Waals surface area contributed by atoms with Crippen molar-refractivity contribution in [3.05, 3.63) is 11.7 Å². The number of methoxy groups -OCH3 is 1. The molecule has 2 aliphatic carbocycles. The highest BCUT2D eigenvalue weighted by atomic mass is 16.5. The molecule has 6 heteroatoms. The average molecular weight is 320 g/mol. The molecule has 0 unspecified atom stereocenters. The fourth-order valence-electron chi connectivity index (χ4n) is 4.85. The summed E-state index contributed by atoms with van der Waals surface area (Å²) >= 11 is 0. The van der Waals surface area contributed by atoms with Gasteiger partial charge in [-0.15, -0.1) is 0 Å². The van der Waals surface area contributed by atoms with Gasteiger partial charge in [0.05, 0.1) is 6.54 Å². The minimum atomic E-state index is 0.417. The SMILES string of the molecule is COCc1noc(CN2CCN(CC34CCC(CC3)C4)CC2)n1. The second kappa shape index (κ2) is 6.49. The van der Waals surface area contributed by atoms with Gasteiger partial charge in [0.1, 0.15) is 6.61 Å². The lowest BCUT2D eigenvalue weighted by molar-refractivity contribution is 0.0782. The van der Waals surface area contributed by atoms with Gasteiger partial charge in [0, 0.05) is 39.8 Å². The summed E-state index contributed by atoms with van der Waals surface area (Å²) in [5.74, 6) is 2.39. The molecule has 0 atom stereocenters. The number of piperazine rings is 1. The van der Waals surface area contributed by atoms with Crippen LogP contribution in [-0.4, -0.2) is 59.8 Å². The first-order valence-corrected chi connectivity index (χ1v) is 9.00. The molecular weight excluding hydrogens is 292 g/mol. The summed E-state index contributed by atoms with van der Waals surface area (Å²) in [6.07, 6.45) is 7.42. The summed E-state index contributed by atoms with van der Waals surface area (Å²) in [4.78, 5) is 9.48. The summed E-state index contributed by atoms with van der Waals surface area (Å²) in [6, 6.07) is 0. The van der Waals surface area contributed by atoms with Gasteiger partial charge in [-0.25, -0.2) is 0 Å². The van der Waals surface area contributed by atoms with Gasteiger partial charge in [-0.2, -0.15) is 4.98 Å². The molecule has 0 amide bonds. The lowest BCUT2D eigenvalue weighted by Crippen LogP contribution is -2.48. The molecular formula is C17H28N4O2. The summed E-state index contributed by atoms with van der Waals surface area (Å²) in [5, 5.41) is 3.93. The molecule has 0 radical (unpaired) electrons. The van der Waals surface area contributed by atoms with Crippen molar-refractivity contribution in [1.29, 1.82) is 0 Å².